The molecule has 0 fully saturated rings. The highest BCUT2D eigenvalue weighted by Gasteiger charge is 2.10. The highest BCUT2D eigenvalue weighted by atomic mass is 15.1. The number of nitrogens with zero attached hydrogens (tertiary/aromatic N) is 2. The summed E-state index contributed by atoms with van der Waals surface area (Å²) in [5.41, 5.74) is 2.37. The van der Waals surface area contributed by atoms with E-state index < -0.39 is 0 Å². The summed E-state index contributed by atoms with van der Waals surface area (Å²) < 4.78 is 2.32. The van der Waals surface area contributed by atoms with Crippen LogP contribution in [0.4, 0.5) is 0 Å². The first-order valence-corrected chi connectivity index (χ1v) is 5.78. The molecule has 0 aliphatic rings. The molecule has 15 heavy (non-hydrogen) atoms. The van der Waals surface area contributed by atoms with Gasteiger partial charge in [0.25, 0.3) is 0 Å². The molecule has 0 saturated heterocycles. The molecule has 1 heterocycles. The average molecular weight is 202 g/mol. The summed E-state index contributed by atoms with van der Waals surface area (Å²) in [7, 11) is 0. The topological polar surface area (TPSA) is 17.8 Å². The van der Waals surface area contributed by atoms with E-state index in [1.165, 1.54) is 24.8 Å². The molecular formula is C13H18N2. The van der Waals surface area contributed by atoms with Gasteiger partial charge in [-0.25, -0.2) is 4.98 Å². The van der Waals surface area contributed by atoms with Crippen LogP contribution < -0.4 is 0 Å². The zero-order valence-corrected chi connectivity index (χ0v) is 9.48. The van der Waals surface area contributed by atoms with Gasteiger partial charge in [-0.2, -0.15) is 0 Å². The van der Waals surface area contributed by atoms with Gasteiger partial charge < -0.3 is 4.57 Å². The smallest absolute Gasteiger partial charge is 0.0960 e. The Morgan fingerprint density at radius 3 is 2.80 bits per heavy atom. The Bertz CT molecular complexity index is 431. The van der Waals surface area contributed by atoms with Gasteiger partial charge in [0, 0.05) is 6.04 Å². The van der Waals surface area contributed by atoms with E-state index in [2.05, 4.69) is 41.6 Å². The van der Waals surface area contributed by atoms with Crippen molar-refractivity contribution in [1.29, 1.82) is 0 Å². The molecule has 1 aromatic heterocycles. The molecule has 0 radical (unpaired) electrons. The fourth-order valence-electron chi connectivity index (χ4n) is 2.14. The summed E-state index contributed by atoms with van der Waals surface area (Å²) in [6.07, 6.45) is 5.62. The van der Waals surface area contributed by atoms with Crippen LogP contribution in [-0.4, -0.2) is 9.55 Å². The predicted molar refractivity (Wildman–Crippen MR) is 64.0 cm³/mol. The zero-order chi connectivity index (χ0) is 10.7. The van der Waals surface area contributed by atoms with E-state index in [0.717, 1.165) is 5.52 Å². The van der Waals surface area contributed by atoms with Crippen LogP contribution in [0.2, 0.25) is 0 Å². The molecule has 2 aromatic rings. The summed E-state index contributed by atoms with van der Waals surface area (Å²) in [5, 5.41) is 0. The lowest BCUT2D eigenvalue weighted by Gasteiger charge is -2.16. The van der Waals surface area contributed by atoms with E-state index in [0.29, 0.717) is 6.04 Å². The van der Waals surface area contributed by atoms with Gasteiger partial charge in [0.15, 0.2) is 0 Å². The first-order chi connectivity index (χ1) is 7.36. The van der Waals surface area contributed by atoms with Crippen LogP contribution in [0, 0.1) is 0 Å². The number of imidazole rings is 1. The lowest BCUT2D eigenvalue weighted by Crippen LogP contribution is -2.06. The maximum atomic E-state index is 4.43. The minimum atomic E-state index is 0.599. The van der Waals surface area contributed by atoms with E-state index in [4.69, 9.17) is 0 Å². The molecule has 0 saturated carbocycles. The number of fused-ring (bicyclic) bond motifs is 1. The third-order valence-electron chi connectivity index (χ3n) is 2.97. The molecule has 0 bridgehead atoms. The maximum absolute atomic E-state index is 4.43. The van der Waals surface area contributed by atoms with Gasteiger partial charge in [0.1, 0.15) is 0 Å². The second-order valence-corrected chi connectivity index (χ2v) is 3.99. The van der Waals surface area contributed by atoms with Crippen molar-refractivity contribution < 1.29 is 0 Å². The number of hydrogen-bond acceptors (Lipinski definition) is 1. The minimum absolute atomic E-state index is 0.599. The highest BCUT2D eigenvalue weighted by Crippen LogP contribution is 2.23. The standard InChI is InChI=1S/C13H18N2/c1-3-7-11(4-2)15-10-14-12-8-5-6-9-13(12)15/h5-6,8-11H,3-4,7H2,1-2H3. The van der Waals surface area contributed by atoms with Crippen molar-refractivity contribution in [3.8, 4) is 0 Å². The van der Waals surface area contributed by atoms with Crippen molar-refractivity contribution in [1.82, 2.24) is 9.55 Å². The van der Waals surface area contributed by atoms with Crippen LogP contribution in [0.25, 0.3) is 11.0 Å². The summed E-state index contributed by atoms with van der Waals surface area (Å²) in [5.74, 6) is 0. The Hall–Kier alpha value is -1.31. The lowest BCUT2D eigenvalue weighted by atomic mass is 10.1. The van der Waals surface area contributed by atoms with Gasteiger partial charge in [-0.1, -0.05) is 32.4 Å². The molecule has 0 spiro atoms. The fourth-order valence-corrected chi connectivity index (χ4v) is 2.14. The third-order valence-corrected chi connectivity index (χ3v) is 2.97. The van der Waals surface area contributed by atoms with Gasteiger partial charge in [-0.05, 0) is 25.0 Å². The first kappa shape index (κ1) is 10.2. The number of rotatable bonds is 4. The Labute approximate surface area is 90.9 Å². The number of para-hydroxylation sites is 2. The number of benzene rings is 1. The normalized spacial score (nSPS) is 13.2. The molecule has 1 atom stereocenters. The second kappa shape index (κ2) is 4.47. The van der Waals surface area contributed by atoms with Crippen molar-refractivity contribution in [3.63, 3.8) is 0 Å². The van der Waals surface area contributed by atoms with Gasteiger partial charge in [-0.3, -0.25) is 0 Å². The van der Waals surface area contributed by atoms with Crippen LogP contribution in [0.5, 0.6) is 0 Å². The van der Waals surface area contributed by atoms with Crippen molar-refractivity contribution in [2.75, 3.05) is 0 Å². The van der Waals surface area contributed by atoms with Crippen LogP contribution in [0.15, 0.2) is 30.6 Å². The summed E-state index contributed by atoms with van der Waals surface area (Å²) in [6, 6.07) is 8.95. The fraction of sp³-hybridized carbons (Fsp3) is 0.462. The van der Waals surface area contributed by atoms with Gasteiger partial charge in [0.2, 0.25) is 0 Å². The van der Waals surface area contributed by atoms with Gasteiger partial charge in [0.05, 0.1) is 17.4 Å². The van der Waals surface area contributed by atoms with E-state index >= 15 is 0 Å². The van der Waals surface area contributed by atoms with Crippen molar-refractivity contribution in [3.05, 3.63) is 30.6 Å². The van der Waals surface area contributed by atoms with Gasteiger partial charge >= 0.3 is 0 Å². The quantitative estimate of drug-likeness (QED) is 0.737. The van der Waals surface area contributed by atoms with Crippen molar-refractivity contribution in [2.24, 2.45) is 0 Å². The van der Waals surface area contributed by atoms with Crippen LogP contribution in [0.3, 0.4) is 0 Å². The number of aromatic nitrogens is 2. The predicted octanol–water partition coefficient (Wildman–Crippen LogP) is 3.79. The van der Waals surface area contributed by atoms with Gasteiger partial charge in [-0.15, -0.1) is 0 Å². The average Bonchev–Trinajstić information content (AvgIpc) is 2.70. The molecule has 1 unspecified atom stereocenters. The van der Waals surface area contributed by atoms with Crippen LogP contribution >= 0.6 is 0 Å². The molecule has 2 nitrogen and oxygen atoms in total. The first-order valence-electron chi connectivity index (χ1n) is 5.78. The zero-order valence-electron chi connectivity index (χ0n) is 9.48. The largest absolute Gasteiger partial charge is 0.327 e. The SMILES string of the molecule is CCCC(CC)n1cnc2ccccc21. The van der Waals surface area contributed by atoms with E-state index in [9.17, 15) is 0 Å². The summed E-state index contributed by atoms with van der Waals surface area (Å²) in [4.78, 5) is 4.43. The molecule has 80 valence electrons. The Morgan fingerprint density at radius 1 is 1.27 bits per heavy atom. The Kier molecular flexibility index (Phi) is 3.05. The van der Waals surface area contributed by atoms with E-state index in [1.807, 2.05) is 12.4 Å². The number of hydrogen-bond donors (Lipinski definition) is 0. The van der Waals surface area contributed by atoms with Crippen molar-refractivity contribution >= 4 is 11.0 Å². The minimum Gasteiger partial charge on any atom is -0.327 e. The molecule has 2 rings (SSSR count). The van der Waals surface area contributed by atoms with E-state index in [1.54, 1.807) is 0 Å². The molecule has 2 heteroatoms. The summed E-state index contributed by atoms with van der Waals surface area (Å²) >= 11 is 0. The van der Waals surface area contributed by atoms with Crippen LogP contribution in [-0.2, 0) is 0 Å². The Morgan fingerprint density at radius 2 is 2.07 bits per heavy atom. The maximum Gasteiger partial charge on any atom is 0.0960 e. The highest BCUT2D eigenvalue weighted by molar-refractivity contribution is 5.75. The van der Waals surface area contributed by atoms with Crippen LogP contribution in [0.1, 0.15) is 39.2 Å². The molecule has 1 aromatic carbocycles. The molecular weight excluding hydrogens is 184 g/mol. The monoisotopic (exact) mass is 202 g/mol. The third kappa shape index (κ3) is 1.89. The van der Waals surface area contributed by atoms with Crippen molar-refractivity contribution in [2.45, 2.75) is 39.2 Å². The summed E-state index contributed by atoms with van der Waals surface area (Å²) in [6.45, 7) is 4.48. The Balaban J connectivity index is 2.41. The molecule has 0 amide bonds. The second-order valence-electron chi connectivity index (χ2n) is 3.99. The molecule has 0 N–H and O–H groups in total. The van der Waals surface area contributed by atoms with E-state index in [-0.39, 0.29) is 0 Å². The lowest BCUT2D eigenvalue weighted by molar-refractivity contribution is 0.458. The molecule has 0 aliphatic carbocycles. The molecule has 0 aliphatic heterocycles.